The number of morpholine rings is 1. The lowest BCUT2D eigenvalue weighted by molar-refractivity contribution is -0.123. The van der Waals surface area contributed by atoms with Gasteiger partial charge in [0.2, 0.25) is 17.1 Å². The number of ether oxygens (including phenoxy) is 1. The summed E-state index contributed by atoms with van der Waals surface area (Å²) in [5, 5.41) is 23.2. The number of phenols is 1. The van der Waals surface area contributed by atoms with E-state index in [1.807, 2.05) is 4.90 Å². The molecule has 1 aromatic heterocycles. The minimum Gasteiger partial charge on any atom is -0.506 e. The average Bonchev–Trinajstić information content (AvgIpc) is 2.78. The van der Waals surface area contributed by atoms with E-state index in [4.69, 9.17) is 20.8 Å². The normalized spacial score (nSPS) is 14.6. The van der Waals surface area contributed by atoms with Crippen LogP contribution < -0.4 is 10.7 Å². The number of amides is 1. The number of halogens is 2. The van der Waals surface area contributed by atoms with E-state index in [-0.39, 0.29) is 46.5 Å². The highest BCUT2D eigenvalue weighted by molar-refractivity contribution is 9.10. The zero-order chi connectivity index (χ0) is 22.8. The van der Waals surface area contributed by atoms with Gasteiger partial charge in [-0.1, -0.05) is 11.6 Å². The molecule has 3 aromatic rings. The molecule has 0 atom stereocenters. The van der Waals surface area contributed by atoms with E-state index in [0.29, 0.717) is 41.9 Å². The highest BCUT2D eigenvalue weighted by Crippen LogP contribution is 2.36. The average molecular weight is 524 g/mol. The molecule has 0 spiro atoms. The molecule has 2 aromatic carbocycles. The number of carbonyl (C=O) groups is 1. The van der Waals surface area contributed by atoms with E-state index in [9.17, 15) is 19.8 Å². The molecule has 1 saturated heterocycles. The van der Waals surface area contributed by atoms with Crippen molar-refractivity contribution in [2.75, 3.05) is 32.8 Å². The summed E-state index contributed by atoms with van der Waals surface area (Å²) in [5.41, 5.74) is 0.644. The van der Waals surface area contributed by atoms with Crippen LogP contribution in [0.3, 0.4) is 0 Å². The van der Waals surface area contributed by atoms with E-state index in [2.05, 4.69) is 21.2 Å². The second kappa shape index (κ2) is 9.50. The van der Waals surface area contributed by atoms with Crippen LogP contribution in [-0.2, 0) is 16.1 Å². The van der Waals surface area contributed by atoms with Crippen LogP contribution in [0.5, 0.6) is 11.5 Å². The Morgan fingerprint density at radius 3 is 2.66 bits per heavy atom. The zero-order valence-electron chi connectivity index (χ0n) is 16.9. The van der Waals surface area contributed by atoms with E-state index in [0.717, 1.165) is 0 Å². The summed E-state index contributed by atoms with van der Waals surface area (Å²) >= 11 is 9.35. The Morgan fingerprint density at radius 1 is 1.19 bits per heavy atom. The van der Waals surface area contributed by atoms with Crippen molar-refractivity contribution >= 4 is 44.4 Å². The minimum absolute atomic E-state index is 0.0586. The first-order valence-electron chi connectivity index (χ1n) is 9.87. The molecule has 1 amide bonds. The summed E-state index contributed by atoms with van der Waals surface area (Å²) in [6.07, 6.45) is 0. The van der Waals surface area contributed by atoms with Crippen LogP contribution in [0.15, 0.2) is 44.0 Å². The van der Waals surface area contributed by atoms with Gasteiger partial charge in [0.1, 0.15) is 5.75 Å². The van der Waals surface area contributed by atoms with E-state index in [1.54, 1.807) is 12.1 Å². The Labute approximate surface area is 196 Å². The third-order valence-electron chi connectivity index (χ3n) is 5.15. The highest BCUT2D eigenvalue weighted by atomic mass is 79.9. The third kappa shape index (κ3) is 4.75. The van der Waals surface area contributed by atoms with Crippen LogP contribution in [0, 0.1) is 0 Å². The molecule has 32 heavy (non-hydrogen) atoms. The summed E-state index contributed by atoms with van der Waals surface area (Å²) in [6.45, 7) is 3.14. The molecule has 3 N–H and O–H groups in total. The number of phenolic OH excluding ortho intramolecular Hbond substituents is 1. The Hall–Kier alpha value is -2.59. The van der Waals surface area contributed by atoms with Gasteiger partial charge >= 0.3 is 0 Å². The molecular formula is C22H20BrClN2O6. The highest BCUT2D eigenvalue weighted by Gasteiger charge is 2.19. The van der Waals surface area contributed by atoms with Crippen LogP contribution in [0.25, 0.3) is 22.3 Å². The van der Waals surface area contributed by atoms with Crippen LogP contribution in [0.4, 0.5) is 0 Å². The number of carbonyl (C=O) groups excluding carboxylic acids is 1. The summed E-state index contributed by atoms with van der Waals surface area (Å²) in [4.78, 5) is 27.1. The van der Waals surface area contributed by atoms with Crippen molar-refractivity contribution in [2.45, 2.75) is 6.54 Å². The number of fused-ring (bicyclic) bond motifs is 1. The predicted molar refractivity (Wildman–Crippen MR) is 123 cm³/mol. The number of nitrogens with zero attached hydrogens (tertiary/aromatic N) is 1. The third-order valence-corrected chi connectivity index (χ3v) is 6.04. The maximum absolute atomic E-state index is 12.9. The molecule has 4 rings (SSSR count). The van der Waals surface area contributed by atoms with E-state index < -0.39 is 11.2 Å². The van der Waals surface area contributed by atoms with E-state index >= 15 is 0 Å². The van der Waals surface area contributed by atoms with Crippen molar-refractivity contribution in [1.82, 2.24) is 10.2 Å². The van der Waals surface area contributed by atoms with Crippen LogP contribution >= 0.6 is 27.5 Å². The molecule has 0 unspecified atom stereocenters. The summed E-state index contributed by atoms with van der Waals surface area (Å²) in [5.74, 6) is -0.881. The molecule has 2 heterocycles. The number of benzene rings is 2. The lowest BCUT2D eigenvalue weighted by atomic mass is 10.1. The van der Waals surface area contributed by atoms with Crippen molar-refractivity contribution in [3.8, 4) is 22.8 Å². The van der Waals surface area contributed by atoms with Gasteiger partial charge < -0.3 is 24.7 Å². The molecule has 1 fully saturated rings. The second-order valence-electron chi connectivity index (χ2n) is 7.39. The molecule has 0 aliphatic carbocycles. The molecule has 0 saturated carbocycles. The fourth-order valence-electron chi connectivity index (χ4n) is 3.47. The smallest absolute Gasteiger partial charge is 0.235 e. The van der Waals surface area contributed by atoms with Gasteiger partial charge in [0.15, 0.2) is 11.3 Å². The van der Waals surface area contributed by atoms with Gasteiger partial charge in [-0.3, -0.25) is 14.5 Å². The van der Waals surface area contributed by atoms with Crippen LogP contribution in [-0.4, -0.2) is 53.9 Å². The van der Waals surface area contributed by atoms with Crippen molar-refractivity contribution in [3.63, 3.8) is 0 Å². The molecule has 8 nitrogen and oxygen atoms in total. The van der Waals surface area contributed by atoms with Gasteiger partial charge in [-0.2, -0.15) is 0 Å². The van der Waals surface area contributed by atoms with Gasteiger partial charge in [-0.05, 0) is 51.8 Å². The van der Waals surface area contributed by atoms with Crippen LogP contribution in [0.1, 0.15) is 5.56 Å². The minimum atomic E-state index is -0.618. The molecule has 1 aliphatic heterocycles. The Balaban J connectivity index is 1.59. The monoisotopic (exact) mass is 522 g/mol. The fourth-order valence-corrected chi connectivity index (χ4v) is 4.24. The first-order valence-corrected chi connectivity index (χ1v) is 11.0. The number of hydrogen-bond donors (Lipinski definition) is 3. The van der Waals surface area contributed by atoms with Gasteiger partial charge in [0.25, 0.3) is 0 Å². The Bertz CT molecular complexity index is 1240. The molecule has 1 aliphatic rings. The maximum atomic E-state index is 12.9. The standard InChI is InChI=1S/C22H20BrClN2O6/c23-15-8-12(10-25-18(28)11-26-3-5-31-6-4-26)7-14-19(29)20(30)21(32-22(14)15)13-1-2-17(27)16(24)9-13/h1-2,7-9,27,30H,3-6,10-11H2,(H,25,28). The first-order chi connectivity index (χ1) is 15.3. The second-order valence-corrected chi connectivity index (χ2v) is 8.66. The first kappa shape index (κ1) is 22.6. The topological polar surface area (TPSA) is 112 Å². The Kier molecular flexibility index (Phi) is 6.71. The van der Waals surface area contributed by atoms with Gasteiger partial charge in [0, 0.05) is 25.2 Å². The number of rotatable bonds is 5. The lowest BCUT2D eigenvalue weighted by Gasteiger charge is -2.25. The van der Waals surface area contributed by atoms with Gasteiger partial charge in [0.05, 0.1) is 34.6 Å². The van der Waals surface area contributed by atoms with Crippen LogP contribution in [0.2, 0.25) is 5.02 Å². The number of nitrogens with one attached hydrogen (secondary N) is 1. The SMILES string of the molecule is O=C(CN1CCOCC1)NCc1cc(Br)c2oc(-c3ccc(O)c(Cl)c3)c(O)c(=O)c2c1. The molecule has 0 bridgehead atoms. The fraction of sp³-hybridized carbons (Fsp3) is 0.273. The molecule has 10 heteroatoms. The zero-order valence-corrected chi connectivity index (χ0v) is 19.2. The quantitative estimate of drug-likeness (QED) is 0.471. The van der Waals surface area contributed by atoms with Crippen molar-refractivity contribution in [2.24, 2.45) is 0 Å². The molecule has 0 radical (unpaired) electrons. The number of aromatic hydroxyl groups is 2. The predicted octanol–water partition coefficient (Wildman–Crippen LogP) is 3.24. The molecule has 168 valence electrons. The maximum Gasteiger partial charge on any atom is 0.235 e. The summed E-state index contributed by atoms with van der Waals surface area (Å²) < 4.78 is 11.6. The summed E-state index contributed by atoms with van der Waals surface area (Å²) in [6, 6.07) is 7.54. The Morgan fingerprint density at radius 2 is 1.94 bits per heavy atom. The lowest BCUT2D eigenvalue weighted by Crippen LogP contribution is -2.43. The molecular weight excluding hydrogens is 504 g/mol. The van der Waals surface area contributed by atoms with E-state index in [1.165, 1.54) is 18.2 Å². The van der Waals surface area contributed by atoms with Crippen molar-refractivity contribution < 1.29 is 24.2 Å². The van der Waals surface area contributed by atoms with Crippen molar-refractivity contribution in [1.29, 1.82) is 0 Å². The summed E-state index contributed by atoms with van der Waals surface area (Å²) in [7, 11) is 0. The van der Waals surface area contributed by atoms with Gasteiger partial charge in [-0.25, -0.2) is 0 Å². The number of hydrogen-bond acceptors (Lipinski definition) is 7. The van der Waals surface area contributed by atoms with Gasteiger partial charge in [-0.15, -0.1) is 0 Å². The van der Waals surface area contributed by atoms with Crippen molar-refractivity contribution in [3.05, 3.63) is 55.6 Å². The largest absolute Gasteiger partial charge is 0.506 e.